The van der Waals surface area contributed by atoms with Crippen LogP contribution in [0.3, 0.4) is 0 Å². The van der Waals surface area contributed by atoms with Crippen molar-refractivity contribution in [2.45, 2.75) is 12.7 Å². The maximum atomic E-state index is 12.6. The second-order valence-corrected chi connectivity index (χ2v) is 4.47. The van der Waals surface area contributed by atoms with E-state index in [1.807, 2.05) is 0 Å². The molecule has 1 amide bonds. The number of alkyl halides is 3. The van der Waals surface area contributed by atoms with Gasteiger partial charge in [-0.1, -0.05) is 11.6 Å². The molecule has 0 aliphatic rings. The summed E-state index contributed by atoms with van der Waals surface area (Å²) in [7, 11) is 0. The van der Waals surface area contributed by atoms with Crippen LogP contribution in [0.1, 0.15) is 16.2 Å². The molecule has 2 heterocycles. The summed E-state index contributed by atoms with van der Waals surface area (Å²) in [5.74, 6) is -0.678. The van der Waals surface area contributed by atoms with Crippen LogP contribution in [0.5, 0.6) is 0 Å². The molecule has 0 fully saturated rings. The minimum Gasteiger partial charge on any atom is -0.467 e. The maximum Gasteiger partial charge on any atom is 0.406 e. The molecule has 2 aromatic heterocycles. The number of rotatable bonds is 4. The van der Waals surface area contributed by atoms with Crippen LogP contribution in [0.4, 0.5) is 13.2 Å². The molecule has 0 aliphatic heterocycles. The van der Waals surface area contributed by atoms with Crippen LogP contribution < -0.4 is 0 Å². The molecule has 0 aromatic carbocycles. The summed E-state index contributed by atoms with van der Waals surface area (Å²) < 4.78 is 42.7. The Kier molecular flexibility index (Phi) is 4.46. The third kappa shape index (κ3) is 4.45. The Morgan fingerprint density at radius 3 is 2.62 bits per heavy atom. The topological polar surface area (TPSA) is 59.2 Å². The van der Waals surface area contributed by atoms with Crippen molar-refractivity contribution in [2.24, 2.45) is 0 Å². The van der Waals surface area contributed by atoms with Crippen molar-refractivity contribution in [3.05, 3.63) is 47.4 Å². The highest BCUT2D eigenvalue weighted by Gasteiger charge is 2.34. The third-order valence-electron chi connectivity index (χ3n) is 2.42. The molecular formula is C12H9ClF3N3O2. The summed E-state index contributed by atoms with van der Waals surface area (Å²) in [5, 5.41) is 0.0416. The lowest BCUT2D eigenvalue weighted by atomic mass is 10.3. The first-order valence-corrected chi connectivity index (χ1v) is 6.09. The van der Waals surface area contributed by atoms with Gasteiger partial charge in [0.25, 0.3) is 5.91 Å². The zero-order valence-electron chi connectivity index (χ0n) is 10.5. The number of hydrogen-bond donors (Lipinski definition) is 0. The van der Waals surface area contributed by atoms with E-state index in [0.29, 0.717) is 4.90 Å². The predicted molar refractivity (Wildman–Crippen MR) is 66.5 cm³/mol. The van der Waals surface area contributed by atoms with Gasteiger partial charge in [-0.25, -0.2) is 9.97 Å². The van der Waals surface area contributed by atoms with Crippen LogP contribution in [-0.2, 0) is 6.54 Å². The van der Waals surface area contributed by atoms with E-state index in [9.17, 15) is 18.0 Å². The molecule has 0 radical (unpaired) electrons. The van der Waals surface area contributed by atoms with E-state index in [2.05, 4.69) is 9.97 Å². The van der Waals surface area contributed by atoms with Gasteiger partial charge in [0.1, 0.15) is 23.2 Å². The van der Waals surface area contributed by atoms with E-state index in [4.69, 9.17) is 16.0 Å². The maximum absolute atomic E-state index is 12.6. The fourth-order valence-electron chi connectivity index (χ4n) is 1.59. The van der Waals surface area contributed by atoms with Gasteiger partial charge < -0.3 is 9.32 Å². The molecule has 0 aliphatic carbocycles. The molecule has 112 valence electrons. The van der Waals surface area contributed by atoms with Crippen LogP contribution in [0.15, 0.2) is 35.2 Å². The number of halogens is 4. The highest BCUT2D eigenvalue weighted by Crippen LogP contribution is 2.20. The highest BCUT2D eigenvalue weighted by molar-refractivity contribution is 6.29. The van der Waals surface area contributed by atoms with Crippen molar-refractivity contribution in [3.63, 3.8) is 0 Å². The van der Waals surface area contributed by atoms with E-state index in [-0.39, 0.29) is 23.2 Å². The number of aromatic nitrogens is 2. The minimum atomic E-state index is -4.54. The summed E-state index contributed by atoms with van der Waals surface area (Å²) in [6, 6.07) is 3.00. The van der Waals surface area contributed by atoms with Crippen LogP contribution >= 0.6 is 11.6 Å². The van der Waals surface area contributed by atoms with Gasteiger partial charge in [-0.05, 0) is 12.1 Å². The van der Waals surface area contributed by atoms with Crippen LogP contribution in [0.2, 0.25) is 5.15 Å². The van der Waals surface area contributed by atoms with E-state index in [1.54, 1.807) is 0 Å². The summed E-state index contributed by atoms with van der Waals surface area (Å²) in [6.45, 7) is -1.74. The molecule has 9 heteroatoms. The molecule has 0 N–H and O–H groups in total. The fourth-order valence-corrected chi connectivity index (χ4v) is 1.69. The Morgan fingerprint density at radius 1 is 1.33 bits per heavy atom. The van der Waals surface area contributed by atoms with Crippen molar-refractivity contribution >= 4 is 17.5 Å². The average Bonchev–Trinajstić information content (AvgIpc) is 2.89. The molecule has 21 heavy (non-hydrogen) atoms. The number of carbonyl (C=O) groups is 1. The Labute approximate surface area is 122 Å². The van der Waals surface area contributed by atoms with Crippen molar-refractivity contribution in [2.75, 3.05) is 6.54 Å². The number of amides is 1. The number of carbonyl (C=O) groups excluding carboxylic acids is 1. The largest absolute Gasteiger partial charge is 0.467 e. The van der Waals surface area contributed by atoms with Gasteiger partial charge in [-0.15, -0.1) is 0 Å². The van der Waals surface area contributed by atoms with E-state index in [0.717, 1.165) is 12.4 Å². The van der Waals surface area contributed by atoms with Gasteiger partial charge in [0.2, 0.25) is 0 Å². The van der Waals surface area contributed by atoms with Gasteiger partial charge in [0.15, 0.2) is 0 Å². The van der Waals surface area contributed by atoms with E-state index < -0.39 is 18.6 Å². The molecule has 0 unspecified atom stereocenters. The van der Waals surface area contributed by atoms with Crippen molar-refractivity contribution < 1.29 is 22.4 Å². The molecule has 0 spiro atoms. The lowest BCUT2D eigenvalue weighted by molar-refractivity contribution is -0.142. The second kappa shape index (κ2) is 6.13. The first kappa shape index (κ1) is 15.3. The summed E-state index contributed by atoms with van der Waals surface area (Å²) in [4.78, 5) is 20.0. The lowest BCUT2D eigenvalue weighted by Crippen LogP contribution is -2.38. The van der Waals surface area contributed by atoms with Gasteiger partial charge in [0.05, 0.1) is 25.2 Å². The number of hydrogen-bond acceptors (Lipinski definition) is 4. The Bertz CT molecular complexity index is 599. The first-order chi connectivity index (χ1) is 9.85. The van der Waals surface area contributed by atoms with Crippen LogP contribution in [-0.4, -0.2) is 33.5 Å². The minimum absolute atomic E-state index is 0.0416. The van der Waals surface area contributed by atoms with Gasteiger partial charge in [0, 0.05) is 0 Å². The first-order valence-electron chi connectivity index (χ1n) is 5.71. The summed E-state index contributed by atoms with van der Waals surface area (Å²) in [6.07, 6.45) is -1.11. The molecule has 0 atom stereocenters. The van der Waals surface area contributed by atoms with E-state index in [1.165, 1.54) is 18.4 Å². The zero-order chi connectivity index (χ0) is 15.5. The quantitative estimate of drug-likeness (QED) is 0.869. The smallest absolute Gasteiger partial charge is 0.406 e. The average molecular weight is 320 g/mol. The third-order valence-corrected chi connectivity index (χ3v) is 2.62. The van der Waals surface area contributed by atoms with Crippen LogP contribution in [0.25, 0.3) is 0 Å². The predicted octanol–water partition coefficient (Wildman–Crippen LogP) is 2.93. The molecular weight excluding hydrogens is 311 g/mol. The van der Waals surface area contributed by atoms with Crippen molar-refractivity contribution in [3.8, 4) is 0 Å². The normalized spacial score (nSPS) is 11.4. The second-order valence-electron chi connectivity index (χ2n) is 4.08. The molecule has 0 saturated carbocycles. The van der Waals surface area contributed by atoms with E-state index >= 15 is 0 Å². The highest BCUT2D eigenvalue weighted by atomic mass is 35.5. The van der Waals surface area contributed by atoms with Crippen molar-refractivity contribution in [1.82, 2.24) is 14.9 Å². The number of nitrogens with zero attached hydrogens (tertiary/aromatic N) is 3. The lowest BCUT2D eigenvalue weighted by Gasteiger charge is -2.22. The Morgan fingerprint density at radius 2 is 2.10 bits per heavy atom. The molecule has 0 saturated heterocycles. The summed E-state index contributed by atoms with van der Waals surface area (Å²) >= 11 is 5.52. The monoisotopic (exact) mass is 319 g/mol. The molecule has 5 nitrogen and oxygen atoms in total. The van der Waals surface area contributed by atoms with Gasteiger partial charge in [-0.3, -0.25) is 4.79 Å². The van der Waals surface area contributed by atoms with Gasteiger partial charge in [-0.2, -0.15) is 13.2 Å². The Hall–Kier alpha value is -2.09. The number of furan rings is 1. The summed E-state index contributed by atoms with van der Waals surface area (Å²) in [5.41, 5.74) is -0.227. The fraction of sp³-hybridized carbons (Fsp3) is 0.250. The molecule has 0 bridgehead atoms. The Balaban J connectivity index is 2.21. The van der Waals surface area contributed by atoms with Gasteiger partial charge >= 0.3 is 6.18 Å². The van der Waals surface area contributed by atoms with Crippen molar-refractivity contribution in [1.29, 1.82) is 0 Å². The molecule has 2 rings (SSSR count). The molecule has 2 aromatic rings. The van der Waals surface area contributed by atoms with Crippen LogP contribution in [0, 0.1) is 0 Å². The SMILES string of the molecule is O=C(c1cnc(Cl)cn1)N(Cc1ccco1)CC(F)(F)F. The standard InChI is InChI=1S/C12H9ClF3N3O2/c13-10-5-17-9(4-18-10)11(20)19(7-12(14,15)16)6-8-2-1-3-21-8/h1-5H,6-7H2. The zero-order valence-corrected chi connectivity index (χ0v) is 11.2.